The van der Waals surface area contributed by atoms with Crippen LogP contribution in [0.2, 0.25) is 5.02 Å². The van der Waals surface area contributed by atoms with Crippen molar-refractivity contribution >= 4 is 23.3 Å². The van der Waals surface area contributed by atoms with Crippen LogP contribution in [0.25, 0.3) is 11.1 Å². The molecule has 8 heteroatoms. The number of nitrogens with one attached hydrogen (secondary N) is 1. The summed E-state index contributed by atoms with van der Waals surface area (Å²) < 4.78 is 11.2. The number of benzene rings is 1. The average Bonchev–Trinajstić information content (AvgIpc) is 2.91. The van der Waals surface area contributed by atoms with Gasteiger partial charge in [0.05, 0.1) is 30.4 Å². The number of carbonyl (C=O) groups is 1. The van der Waals surface area contributed by atoms with Crippen LogP contribution in [0.3, 0.4) is 0 Å². The van der Waals surface area contributed by atoms with Gasteiger partial charge < -0.3 is 19.7 Å². The second-order valence-corrected chi connectivity index (χ2v) is 8.84. The molecule has 7 nitrogen and oxygen atoms in total. The van der Waals surface area contributed by atoms with Gasteiger partial charge in [-0.1, -0.05) is 43.5 Å². The molecule has 2 aromatic heterocycles. The summed E-state index contributed by atoms with van der Waals surface area (Å²) in [5, 5.41) is 3.55. The van der Waals surface area contributed by atoms with Crippen molar-refractivity contribution in [2.24, 2.45) is 0 Å². The van der Waals surface area contributed by atoms with E-state index >= 15 is 0 Å². The van der Waals surface area contributed by atoms with Gasteiger partial charge in [-0.3, -0.25) is 9.78 Å². The Morgan fingerprint density at radius 3 is 2.80 bits per heavy atom. The predicted molar refractivity (Wildman–Crippen MR) is 138 cm³/mol. The number of hydrogen-bond acceptors (Lipinski definition) is 6. The number of halogens is 1. The highest BCUT2D eigenvalue weighted by Crippen LogP contribution is 2.30. The van der Waals surface area contributed by atoms with Crippen molar-refractivity contribution in [3.05, 3.63) is 71.1 Å². The van der Waals surface area contributed by atoms with Crippen LogP contribution >= 0.6 is 11.6 Å². The second-order valence-electron chi connectivity index (χ2n) is 8.43. The Bertz CT molecular complexity index is 1130. The first-order chi connectivity index (χ1) is 17.2. The fourth-order valence-electron chi connectivity index (χ4n) is 3.96. The molecule has 0 radical (unpaired) electrons. The molecule has 0 bridgehead atoms. The number of pyridine rings is 2. The molecule has 1 aromatic carbocycles. The van der Waals surface area contributed by atoms with Crippen molar-refractivity contribution in [3.8, 4) is 16.9 Å². The standard InChI is InChI=1S/C27H31ClN4O3/c1-2-3-4-12-35-25-8-7-20(16-24(25)28)22-15-23(18-29-17-22)27(33)31-19-21-6-5-9-30-26(21)32-10-13-34-14-11-32/h5-9,15-18H,2-4,10-14,19H2,1H3,(H,31,33). The maximum atomic E-state index is 12.9. The summed E-state index contributed by atoms with van der Waals surface area (Å²) in [7, 11) is 0. The summed E-state index contributed by atoms with van der Waals surface area (Å²) in [6.07, 6.45) is 8.34. The van der Waals surface area contributed by atoms with Gasteiger partial charge in [0.25, 0.3) is 5.91 Å². The molecule has 1 aliphatic rings. The fourth-order valence-corrected chi connectivity index (χ4v) is 4.19. The minimum atomic E-state index is -0.196. The van der Waals surface area contributed by atoms with Crippen molar-refractivity contribution in [1.29, 1.82) is 0 Å². The van der Waals surface area contributed by atoms with E-state index in [1.54, 1.807) is 18.6 Å². The smallest absolute Gasteiger partial charge is 0.253 e. The van der Waals surface area contributed by atoms with Gasteiger partial charge in [-0.25, -0.2) is 4.98 Å². The van der Waals surface area contributed by atoms with Gasteiger partial charge in [0.2, 0.25) is 0 Å². The van der Waals surface area contributed by atoms with Crippen LogP contribution < -0.4 is 15.0 Å². The normalized spacial score (nSPS) is 13.5. The molecular formula is C27H31ClN4O3. The van der Waals surface area contributed by atoms with Crippen LogP contribution in [0.15, 0.2) is 55.0 Å². The fraction of sp³-hybridized carbons (Fsp3) is 0.370. The summed E-state index contributed by atoms with van der Waals surface area (Å²) in [6, 6.07) is 11.3. The number of rotatable bonds is 10. The lowest BCUT2D eigenvalue weighted by Gasteiger charge is -2.29. The van der Waals surface area contributed by atoms with Crippen LogP contribution in [0.4, 0.5) is 5.82 Å². The monoisotopic (exact) mass is 494 g/mol. The van der Waals surface area contributed by atoms with E-state index in [2.05, 4.69) is 27.1 Å². The first kappa shape index (κ1) is 24.9. The maximum Gasteiger partial charge on any atom is 0.253 e. The first-order valence-corrected chi connectivity index (χ1v) is 12.5. The van der Waals surface area contributed by atoms with E-state index in [-0.39, 0.29) is 5.91 Å². The third kappa shape index (κ3) is 6.71. The Labute approximate surface area is 211 Å². The molecule has 35 heavy (non-hydrogen) atoms. The van der Waals surface area contributed by atoms with Crippen LogP contribution in [-0.4, -0.2) is 48.8 Å². The largest absolute Gasteiger partial charge is 0.492 e. The molecule has 3 aromatic rings. The molecule has 4 rings (SSSR count). The predicted octanol–water partition coefficient (Wildman–Crippen LogP) is 5.13. The minimum Gasteiger partial charge on any atom is -0.492 e. The number of morpholine rings is 1. The molecule has 184 valence electrons. The van der Waals surface area contributed by atoms with Crippen molar-refractivity contribution < 1.29 is 14.3 Å². The third-order valence-corrected chi connectivity index (χ3v) is 6.18. The van der Waals surface area contributed by atoms with Gasteiger partial charge in [0.1, 0.15) is 11.6 Å². The molecule has 1 aliphatic heterocycles. The van der Waals surface area contributed by atoms with E-state index in [1.165, 1.54) is 0 Å². The lowest BCUT2D eigenvalue weighted by atomic mass is 10.1. The zero-order valence-electron chi connectivity index (χ0n) is 20.0. The average molecular weight is 495 g/mol. The number of carbonyl (C=O) groups excluding carboxylic acids is 1. The zero-order chi connectivity index (χ0) is 24.5. The van der Waals surface area contributed by atoms with Crippen molar-refractivity contribution in [3.63, 3.8) is 0 Å². The van der Waals surface area contributed by atoms with E-state index < -0.39 is 0 Å². The third-order valence-electron chi connectivity index (χ3n) is 5.89. The summed E-state index contributed by atoms with van der Waals surface area (Å²) in [5.74, 6) is 1.36. The lowest BCUT2D eigenvalue weighted by Crippen LogP contribution is -2.37. The van der Waals surface area contributed by atoms with E-state index in [0.29, 0.717) is 42.7 Å². The molecule has 1 N–H and O–H groups in total. The van der Waals surface area contributed by atoms with E-state index in [1.807, 2.05) is 36.4 Å². The minimum absolute atomic E-state index is 0.196. The molecule has 0 saturated carbocycles. The van der Waals surface area contributed by atoms with Crippen LogP contribution in [0.1, 0.15) is 42.1 Å². The van der Waals surface area contributed by atoms with E-state index in [9.17, 15) is 4.79 Å². The molecule has 0 spiro atoms. The van der Waals surface area contributed by atoms with Crippen molar-refractivity contribution in [2.45, 2.75) is 32.7 Å². The van der Waals surface area contributed by atoms with E-state index in [4.69, 9.17) is 21.1 Å². The quantitative estimate of drug-likeness (QED) is 0.394. The molecule has 1 saturated heterocycles. The topological polar surface area (TPSA) is 76.6 Å². The van der Waals surface area contributed by atoms with Gasteiger partial charge in [-0.15, -0.1) is 0 Å². The van der Waals surface area contributed by atoms with Crippen molar-refractivity contribution in [1.82, 2.24) is 15.3 Å². The second kappa shape index (κ2) is 12.5. The summed E-state index contributed by atoms with van der Waals surface area (Å²) in [5.41, 5.74) is 3.14. The number of aromatic nitrogens is 2. The van der Waals surface area contributed by atoms with Crippen molar-refractivity contribution in [2.75, 3.05) is 37.8 Å². The Morgan fingerprint density at radius 1 is 1.14 bits per heavy atom. The number of hydrogen-bond donors (Lipinski definition) is 1. The summed E-state index contributed by atoms with van der Waals surface area (Å²) in [6.45, 7) is 6.11. The summed E-state index contributed by atoms with van der Waals surface area (Å²) in [4.78, 5) is 23.9. The van der Waals surface area contributed by atoms with Gasteiger partial charge in [-0.05, 0) is 36.2 Å². The first-order valence-electron chi connectivity index (χ1n) is 12.1. The van der Waals surface area contributed by atoms with Gasteiger partial charge in [-0.2, -0.15) is 0 Å². The zero-order valence-corrected chi connectivity index (χ0v) is 20.8. The van der Waals surface area contributed by atoms with E-state index in [0.717, 1.165) is 54.9 Å². The van der Waals surface area contributed by atoms with Gasteiger partial charge in [0, 0.05) is 49.4 Å². The van der Waals surface area contributed by atoms with Gasteiger partial charge >= 0.3 is 0 Å². The van der Waals surface area contributed by atoms with Crippen LogP contribution in [-0.2, 0) is 11.3 Å². The summed E-state index contributed by atoms with van der Waals surface area (Å²) >= 11 is 6.45. The number of unbranched alkanes of at least 4 members (excludes halogenated alkanes) is 2. The highest BCUT2D eigenvalue weighted by molar-refractivity contribution is 6.32. The molecule has 1 amide bonds. The molecular weight excluding hydrogens is 464 g/mol. The highest BCUT2D eigenvalue weighted by atomic mass is 35.5. The van der Waals surface area contributed by atoms with Gasteiger partial charge in [0.15, 0.2) is 0 Å². The van der Waals surface area contributed by atoms with Crippen LogP contribution in [0, 0.1) is 0 Å². The maximum absolute atomic E-state index is 12.9. The molecule has 3 heterocycles. The lowest BCUT2D eigenvalue weighted by molar-refractivity contribution is 0.0950. The Morgan fingerprint density at radius 2 is 2.00 bits per heavy atom. The number of ether oxygens (including phenoxy) is 2. The SMILES string of the molecule is CCCCCOc1ccc(-c2cncc(C(=O)NCc3cccnc3N3CCOCC3)c2)cc1Cl. The molecule has 1 fully saturated rings. The number of amides is 1. The Hall–Kier alpha value is -3.16. The van der Waals surface area contributed by atoms with Crippen LogP contribution in [0.5, 0.6) is 5.75 Å². The number of nitrogens with zero attached hydrogens (tertiary/aromatic N) is 3. The molecule has 0 aliphatic carbocycles. The number of anilines is 1. The Kier molecular flexibility index (Phi) is 8.92. The highest BCUT2D eigenvalue weighted by Gasteiger charge is 2.17. The molecule has 0 atom stereocenters. The molecule has 0 unspecified atom stereocenters. The Balaban J connectivity index is 1.41.